The number of pyridine rings is 1. The lowest BCUT2D eigenvalue weighted by atomic mass is 9.77. The fraction of sp³-hybridized carbons (Fsp3) is 0.756. The SMILES string of the molecule is CC[C@H]1OC(=O)[C@H](C)[C@@H](OC(=O)Cc2cccnc2)[C@H](C)[C@@H](O[C@@H]2O[C@H](C)C[C@H](N(C)C)[C@H]2O/C=C/C(C)=O)[C@@](C)(O)C[C@@H](C)CN(C)[C@H](C)[C@@H](O)[C@]1(C)O. The first-order valence-corrected chi connectivity index (χ1v) is 19.5. The van der Waals surface area contributed by atoms with E-state index >= 15 is 0 Å². The van der Waals surface area contributed by atoms with E-state index in [2.05, 4.69) is 4.98 Å². The van der Waals surface area contributed by atoms with Gasteiger partial charge in [-0.3, -0.25) is 19.4 Å². The molecule has 1 aromatic heterocycles. The van der Waals surface area contributed by atoms with Crippen LogP contribution in [0, 0.1) is 17.8 Å². The number of cyclic esters (lactones) is 1. The van der Waals surface area contributed by atoms with Gasteiger partial charge in [0.2, 0.25) is 0 Å². The average Bonchev–Trinajstić information content (AvgIpc) is 3.10. The summed E-state index contributed by atoms with van der Waals surface area (Å²) in [4.78, 5) is 47.6. The van der Waals surface area contributed by atoms with Gasteiger partial charge in [-0.2, -0.15) is 0 Å². The molecule has 312 valence electrons. The second-order valence-electron chi connectivity index (χ2n) is 16.6. The third-order valence-corrected chi connectivity index (χ3v) is 11.3. The van der Waals surface area contributed by atoms with E-state index in [0.717, 1.165) is 0 Å². The first kappa shape index (κ1) is 46.4. The molecule has 14 heteroatoms. The van der Waals surface area contributed by atoms with Crippen molar-refractivity contribution in [2.45, 2.75) is 154 Å². The van der Waals surface area contributed by atoms with Crippen molar-refractivity contribution in [2.24, 2.45) is 17.8 Å². The minimum Gasteiger partial charge on any atom is -0.491 e. The van der Waals surface area contributed by atoms with Crippen molar-refractivity contribution < 1.29 is 53.4 Å². The first-order valence-electron chi connectivity index (χ1n) is 19.5. The minimum absolute atomic E-state index is 0.132. The highest BCUT2D eigenvalue weighted by atomic mass is 16.7. The molecule has 3 heterocycles. The zero-order chi connectivity index (χ0) is 41.4. The standard InChI is InChI=1S/C41H67N3O11/c1-13-32-41(9,50)36(47)29(7)44(12)23-24(2)21-40(8,49)37(55-39-35(51-18-16-25(3)45)31(43(10)11)19-26(4)52-39)27(5)34(28(6)38(48)53-32)54-33(46)20-30-15-14-17-42-22-30/h14-18,22,24,26-29,31-32,34-37,39,47,49-50H,13,19-21,23H2,1-12H3/b18-16+/t24-,26-,27+,28-,29-,31+,32-,34+,35-,36-,37-,39+,40+,41-/m1/s1. The van der Waals surface area contributed by atoms with Gasteiger partial charge in [-0.1, -0.05) is 26.8 Å². The van der Waals surface area contributed by atoms with E-state index in [1.54, 1.807) is 59.1 Å². The molecule has 0 aliphatic carbocycles. The van der Waals surface area contributed by atoms with E-state index in [1.807, 2.05) is 44.8 Å². The topological polar surface area (TPSA) is 177 Å². The van der Waals surface area contributed by atoms with Gasteiger partial charge in [-0.05, 0) is 99.5 Å². The number of allylic oxidation sites excluding steroid dienone is 1. The molecule has 55 heavy (non-hydrogen) atoms. The first-order chi connectivity index (χ1) is 25.6. The van der Waals surface area contributed by atoms with E-state index in [9.17, 15) is 29.7 Å². The van der Waals surface area contributed by atoms with Gasteiger partial charge in [-0.15, -0.1) is 0 Å². The lowest BCUT2D eigenvalue weighted by molar-refractivity contribution is -0.300. The Balaban J connectivity index is 2.19. The summed E-state index contributed by atoms with van der Waals surface area (Å²) in [5, 5.41) is 35.8. The van der Waals surface area contributed by atoms with Crippen molar-refractivity contribution in [1.82, 2.24) is 14.8 Å². The molecule has 0 radical (unpaired) electrons. The number of esters is 2. The summed E-state index contributed by atoms with van der Waals surface area (Å²) in [6, 6.07) is 2.67. The maximum absolute atomic E-state index is 14.1. The highest BCUT2D eigenvalue weighted by Crippen LogP contribution is 2.38. The van der Waals surface area contributed by atoms with Crippen LogP contribution in [0.4, 0.5) is 0 Å². The number of carbonyl (C=O) groups excluding carboxylic acids is 3. The van der Waals surface area contributed by atoms with Gasteiger partial charge >= 0.3 is 11.9 Å². The van der Waals surface area contributed by atoms with Crippen LogP contribution >= 0.6 is 0 Å². The smallest absolute Gasteiger partial charge is 0.312 e. The molecule has 14 atom stereocenters. The molecule has 2 saturated heterocycles. The number of hydrogen-bond donors (Lipinski definition) is 3. The quantitative estimate of drug-likeness (QED) is 0.179. The highest BCUT2D eigenvalue weighted by Gasteiger charge is 2.51. The maximum Gasteiger partial charge on any atom is 0.312 e. The van der Waals surface area contributed by atoms with Gasteiger partial charge in [0.25, 0.3) is 0 Å². The van der Waals surface area contributed by atoms with Crippen LogP contribution in [0.1, 0.15) is 87.1 Å². The van der Waals surface area contributed by atoms with E-state index < -0.39 is 77.8 Å². The molecule has 14 nitrogen and oxygen atoms in total. The molecule has 3 N–H and O–H groups in total. The Morgan fingerprint density at radius 1 is 1.13 bits per heavy atom. The molecule has 3 rings (SSSR count). The molecule has 0 saturated carbocycles. The van der Waals surface area contributed by atoms with Crippen molar-refractivity contribution in [3.63, 3.8) is 0 Å². The van der Waals surface area contributed by atoms with Crippen LogP contribution in [-0.4, -0.2) is 142 Å². The summed E-state index contributed by atoms with van der Waals surface area (Å²) >= 11 is 0. The summed E-state index contributed by atoms with van der Waals surface area (Å²) in [7, 11) is 5.65. The normalized spacial score (nSPS) is 38.9. The van der Waals surface area contributed by atoms with Crippen LogP contribution < -0.4 is 0 Å². The number of likely N-dealkylation sites (N-methyl/N-ethyl adjacent to an activating group) is 2. The summed E-state index contributed by atoms with van der Waals surface area (Å²) < 4.78 is 31.6. The molecular formula is C41H67N3O11. The number of rotatable bonds is 10. The molecule has 0 unspecified atom stereocenters. The third-order valence-electron chi connectivity index (χ3n) is 11.3. The van der Waals surface area contributed by atoms with Crippen molar-refractivity contribution >= 4 is 17.7 Å². The Morgan fingerprint density at radius 3 is 2.38 bits per heavy atom. The molecule has 0 aromatic carbocycles. The molecule has 2 aliphatic rings. The Kier molecular flexibility index (Phi) is 16.8. The number of ketones is 1. The molecule has 2 fully saturated rings. The van der Waals surface area contributed by atoms with Crippen molar-refractivity contribution in [3.8, 4) is 0 Å². The van der Waals surface area contributed by atoms with Gasteiger partial charge in [-0.25, -0.2) is 0 Å². The summed E-state index contributed by atoms with van der Waals surface area (Å²) in [6.45, 7) is 15.7. The van der Waals surface area contributed by atoms with E-state index in [4.69, 9.17) is 23.7 Å². The van der Waals surface area contributed by atoms with Crippen LogP contribution in [-0.2, 0) is 44.5 Å². The van der Waals surface area contributed by atoms with Crippen molar-refractivity contribution in [1.29, 1.82) is 0 Å². The van der Waals surface area contributed by atoms with Crippen LogP contribution in [0.3, 0.4) is 0 Å². The number of nitrogens with zero attached hydrogens (tertiary/aromatic N) is 3. The summed E-state index contributed by atoms with van der Waals surface area (Å²) in [5.74, 6) is -3.76. The van der Waals surface area contributed by atoms with Crippen LogP contribution in [0.15, 0.2) is 36.9 Å². The largest absolute Gasteiger partial charge is 0.491 e. The van der Waals surface area contributed by atoms with Crippen LogP contribution in [0.5, 0.6) is 0 Å². The van der Waals surface area contributed by atoms with Gasteiger partial charge in [0.05, 0.1) is 42.5 Å². The Hall–Kier alpha value is -2.98. The molecule has 0 spiro atoms. The van der Waals surface area contributed by atoms with Gasteiger partial charge in [0.15, 0.2) is 18.2 Å². The van der Waals surface area contributed by atoms with E-state index in [0.29, 0.717) is 18.5 Å². The third kappa shape index (κ3) is 12.3. The number of aromatic nitrogens is 1. The molecule has 0 amide bonds. The summed E-state index contributed by atoms with van der Waals surface area (Å²) in [6.07, 6.45) is -0.190. The number of carbonyl (C=O) groups is 3. The van der Waals surface area contributed by atoms with Crippen molar-refractivity contribution in [3.05, 3.63) is 42.4 Å². The lowest BCUT2D eigenvalue weighted by Crippen LogP contribution is -2.60. The van der Waals surface area contributed by atoms with E-state index in [1.165, 1.54) is 26.2 Å². The minimum atomic E-state index is -1.83. The highest BCUT2D eigenvalue weighted by molar-refractivity contribution is 5.86. The molecular weight excluding hydrogens is 710 g/mol. The monoisotopic (exact) mass is 777 g/mol. The van der Waals surface area contributed by atoms with Gasteiger partial charge in [0.1, 0.15) is 23.9 Å². The average molecular weight is 778 g/mol. The number of aliphatic hydroxyl groups is 3. The maximum atomic E-state index is 14.1. The second-order valence-corrected chi connectivity index (χ2v) is 16.6. The number of aliphatic hydroxyl groups excluding tert-OH is 1. The van der Waals surface area contributed by atoms with Crippen LogP contribution in [0.25, 0.3) is 0 Å². The number of hydrogen-bond acceptors (Lipinski definition) is 14. The Labute approximate surface area is 327 Å². The fourth-order valence-corrected chi connectivity index (χ4v) is 8.16. The molecule has 0 bridgehead atoms. The zero-order valence-electron chi connectivity index (χ0n) is 34.9. The second kappa shape index (κ2) is 19.9. The summed E-state index contributed by atoms with van der Waals surface area (Å²) in [5.41, 5.74) is -2.84. The van der Waals surface area contributed by atoms with E-state index in [-0.39, 0.29) is 43.1 Å². The Morgan fingerprint density at radius 2 is 1.80 bits per heavy atom. The van der Waals surface area contributed by atoms with Crippen LogP contribution in [0.2, 0.25) is 0 Å². The molecule has 2 aliphatic heterocycles. The predicted molar refractivity (Wildman–Crippen MR) is 205 cm³/mol. The predicted octanol–water partition coefficient (Wildman–Crippen LogP) is 3.29. The Bertz CT molecular complexity index is 1420. The zero-order valence-corrected chi connectivity index (χ0v) is 34.9. The fourth-order valence-electron chi connectivity index (χ4n) is 8.16. The van der Waals surface area contributed by atoms with Gasteiger partial charge < -0.3 is 48.8 Å². The van der Waals surface area contributed by atoms with Gasteiger partial charge in [0, 0.05) is 37.0 Å². The lowest BCUT2D eigenvalue weighted by Gasteiger charge is -2.47. The van der Waals surface area contributed by atoms with Crippen molar-refractivity contribution in [2.75, 3.05) is 27.7 Å². The number of ether oxygens (including phenoxy) is 5. The molecule has 1 aromatic rings.